The maximum absolute atomic E-state index is 14.3. The van der Waals surface area contributed by atoms with Gasteiger partial charge in [-0.05, 0) is 199 Å². The zero-order valence-electron chi connectivity index (χ0n) is 79.8. The van der Waals surface area contributed by atoms with Crippen molar-refractivity contribution in [1.29, 1.82) is 0 Å². The first-order chi connectivity index (χ1) is 70.3. The monoisotopic (exact) mass is 2040 g/mol. The number of anilines is 2. The maximum atomic E-state index is 14.3. The van der Waals surface area contributed by atoms with Crippen molar-refractivity contribution in [2.75, 3.05) is 80.6 Å². The first-order valence-electron chi connectivity index (χ1n) is 44.8. The molecule has 0 unspecified atom stereocenters. The van der Waals surface area contributed by atoms with Gasteiger partial charge in [0.05, 0.1) is 90.9 Å². The molecule has 740 valence electrons. The van der Waals surface area contributed by atoms with Crippen molar-refractivity contribution in [3.05, 3.63) is 395 Å². The highest BCUT2D eigenvalue weighted by Gasteiger charge is 2.30. The lowest BCUT2D eigenvalue weighted by Gasteiger charge is -2.18. The van der Waals surface area contributed by atoms with Gasteiger partial charge in [0, 0.05) is 92.8 Å². The van der Waals surface area contributed by atoms with Crippen LogP contribution in [0.4, 0.5) is 24.5 Å². The Balaban J connectivity index is 0.000000133. The molecule has 0 saturated heterocycles. The van der Waals surface area contributed by atoms with E-state index < -0.39 is 85.2 Å². The fraction of sp³-hybridized carbons (Fsp3) is 0.135. The fourth-order valence-electron chi connectivity index (χ4n) is 16.5. The minimum absolute atomic E-state index is 0.00220. The summed E-state index contributed by atoms with van der Waals surface area (Å²) in [6, 6.07) is 74.8. The predicted octanol–water partition coefficient (Wildman–Crippen LogP) is 21.0. The van der Waals surface area contributed by atoms with Crippen LogP contribution in [0.25, 0.3) is 87.5 Å². The van der Waals surface area contributed by atoms with Crippen LogP contribution in [0.3, 0.4) is 0 Å². The van der Waals surface area contributed by atoms with Crippen molar-refractivity contribution in [1.82, 2.24) is 18.3 Å². The van der Waals surface area contributed by atoms with E-state index in [-0.39, 0.29) is 94.5 Å². The number of aryl methyl sites for hydroxylation is 1. The molecule has 0 bridgehead atoms. The molecule has 0 fully saturated rings. The molecule has 0 aliphatic heterocycles. The van der Waals surface area contributed by atoms with Crippen LogP contribution in [0, 0.1) is 24.4 Å². The minimum Gasteiger partial charge on any atom is -0.505 e. The molecule has 0 aliphatic rings. The highest BCUT2D eigenvalue weighted by Crippen LogP contribution is 2.45. The molecule has 28 nitrogen and oxygen atoms in total. The molecule has 0 atom stereocenters. The maximum Gasteiger partial charge on any atom is 0.354 e. The molecule has 0 spiro atoms. The molecule has 0 radical (unpaired) electrons. The van der Waals surface area contributed by atoms with E-state index in [1.807, 2.05) is 154 Å². The molecule has 0 aliphatic carbocycles. The number of rotatable bonds is 24. The van der Waals surface area contributed by atoms with Gasteiger partial charge in [-0.3, -0.25) is 19.2 Å². The topological polar surface area (TPSA) is 352 Å². The fourth-order valence-corrected chi connectivity index (χ4v) is 19.9. The summed E-state index contributed by atoms with van der Waals surface area (Å²) in [6.45, 7) is 2.72. The van der Waals surface area contributed by atoms with E-state index >= 15 is 0 Å². The molecular formula is C111H89F3N6O22S4. The third-order valence-corrected chi connectivity index (χ3v) is 28.2. The van der Waals surface area contributed by atoms with E-state index in [1.54, 1.807) is 136 Å². The number of methoxy groups -OCH3 is 6. The summed E-state index contributed by atoms with van der Waals surface area (Å²) in [7, 11) is 16.9. The molecule has 0 saturated carbocycles. The van der Waals surface area contributed by atoms with Gasteiger partial charge >= 0.3 is 22.5 Å². The van der Waals surface area contributed by atoms with Crippen molar-refractivity contribution < 1.29 is 79.7 Å². The van der Waals surface area contributed by atoms with Crippen LogP contribution in [0.5, 0.6) is 57.5 Å². The van der Waals surface area contributed by atoms with Crippen molar-refractivity contribution in [3.63, 3.8) is 0 Å². The SMILES string of the molecule is COc1ccc(Cn2c(=O)c3c(O)c(Sc4cccc(F)c4)c(=O)oc3c3ccc(N(C)C)cc32)cc1.COc1ccc(Cn2c(=O)c3c(O)c(Sc4ccccc4F)c(=O)oc3c3ccc(N(C)C)cc32)cc1.COc1cccc(Cn2c(=O)c3c(O)c(Sc4ccc(C)cc4)c(=O)oc3c3ccc(OC)cc32)c1.COc1cccc(Cn2c(=O)c3c(O)c(Sc4cccc(F)c4)c(=O)oc3c3ccc(OC)cc32)c1. The number of nitrogens with zero attached hydrogens (tertiary/aromatic N) is 6. The predicted molar refractivity (Wildman–Crippen MR) is 561 cm³/mol. The molecule has 146 heavy (non-hydrogen) atoms. The van der Waals surface area contributed by atoms with Gasteiger partial charge in [-0.15, -0.1) is 0 Å². The van der Waals surface area contributed by atoms with Gasteiger partial charge in [-0.1, -0.05) is 138 Å². The normalized spacial score (nSPS) is 11.2. The molecular weight excluding hydrogens is 1950 g/mol. The summed E-state index contributed by atoms with van der Waals surface area (Å²) < 4.78 is 102. The Kier molecular flexibility index (Phi) is 29.7. The Labute approximate surface area is 844 Å². The van der Waals surface area contributed by atoms with E-state index in [1.165, 1.54) is 82.5 Å². The zero-order chi connectivity index (χ0) is 103. The average Bonchev–Trinajstić information content (AvgIpc) is 0.742. The van der Waals surface area contributed by atoms with E-state index in [9.17, 15) is 72.0 Å². The second-order valence-corrected chi connectivity index (χ2v) is 37.9. The van der Waals surface area contributed by atoms with Gasteiger partial charge in [-0.25, -0.2) is 32.3 Å². The number of aromatic hydroxyl groups is 4. The summed E-state index contributed by atoms with van der Waals surface area (Å²) in [5.41, 5.74) is 2.75. The van der Waals surface area contributed by atoms with Crippen LogP contribution in [-0.4, -0.2) is 110 Å². The molecule has 4 N–H and O–H groups in total. The number of ether oxygens (including phenoxy) is 6. The third-order valence-electron chi connectivity index (χ3n) is 23.9. The summed E-state index contributed by atoms with van der Waals surface area (Å²) >= 11 is 3.44. The smallest absolute Gasteiger partial charge is 0.354 e. The second-order valence-electron chi connectivity index (χ2n) is 33.6. The Morgan fingerprint density at radius 2 is 0.596 bits per heavy atom. The van der Waals surface area contributed by atoms with Gasteiger partial charge in [0.15, 0.2) is 45.3 Å². The molecule has 35 heteroatoms. The van der Waals surface area contributed by atoms with Crippen LogP contribution in [0.15, 0.2) is 362 Å². The van der Waals surface area contributed by atoms with Crippen LogP contribution in [-0.2, 0) is 26.2 Å². The Bertz CT molecular complexity index is 9070. The van der Waals surface area contributed by atoms with Gasteiger partial charge < -0.3 is 94.6 Å². The largest absolute Gasteiger partial charge is 0.505 e. The highest BCUT2D eigenvalue weighted by molar-refractivity contribution is 8.00. The molecule has 8 aromatic heterocycles. The quantitative estimate of drug-likeness (QED) is 0.0408. The number of aromatic nitrogens is 4. The Morgan fingerprint density at radius 3 is 0.932 bits per heavy atom. The second kappa shape index (κ2) is 43.1. The number of pyridine rings is 4. The van der Waals surface area contributed by atoms with Crippen LogP contribution in [0.2, 0.25) is 0 Å². The molecule has 8 heterocycles. The Hall–Kier alpha value is -16.9. The van der Waals surface area contributed by atoms with Gasteiger partial charge in [0.2, 0.25) is 0 Å². The van der Waals surface area contributed by atoms with E-state index in [2.05, 4.69) is 0 Å². The molecule has 20 rings (SSSR count). The van der Waals surface area contributed by atoms with E-state index in [0.29, 0.717) is 99.7 Å². The highest BCUT2D eigenvalue weighted by atomic mass is 32.2. The molecule has 0 amide bonds. The number of halogens is 3. The van der Waals surface area contributed by atoms with Gasteiger partial charge in [-0.2, -0.15) is 0 Å². The Morgan fingerprint density at radius 1 is 0.295 bits per heavy atom. The average molecular weight is 2040 g/mol. The van der Waals surface area contributed by atoms with E-state index in [4.69, 9.17) is 46.1 Å². The van der Waals surface area contributed by atoms with Crippen LogP contribution < -0.4 is 83.0 Å². The van der Waals surface area contributed by atoms with Crippen molar-refractivity contribution in [2.45, 2.75) is 72.3 Å². The minimum atomic E-state index is -0.858. The summed E-state index contributed by atoms with van der Waals surface area (Å²) in [5.74, 6) is 0.230. The third kappa shape index (κ3) is 20.8. The van der Waals surface area contributed by atoms with Crippen LogP contribution >= 0.6 is 47.0 Å². The number of benzene rings is 12. The summed E-state index contributed by atoms with van der Waals surface area (Å²) in [6.07, 6.45) is 0. The van der Waals surface area contributed by atoms with Gasteiger partial charge in [0.25, 0.3) is 22.2 Å². The number of hydrogen-bond donors (Lipinski definition) is 4. The lowest BCUT2D eigenvalue weighted by Crippen LogP contribution is -2.23. The van der Waals surface area contributed by atoms with Crippen LogP contribution in [0.1, 0.15) is 27.8 Å². The standard InChI is InChI=1S/2C28H23FN2O5S.C28H23NO6S.C27H20FNO6S/c1-30(2)18-9-12-21-22(14-18)31(15-16-7-10-19(35-3)11-8-16)27(33)23-24(32)26(28(34)36-25(21)23)37-20-6-4-5-17(29)13-20;1-30(2)17-10-13-19-21(14-17)31(15-16-8-11-18(35-3)12-9-16)27(33)23-24(32)26(28(34)36-25(19)23)37-22-7-5-4-6-20(22)29;1-16-7-10-20(11-8-16)36-26-24(30)23-25(35-28(26)32)21-12-9-19(34-3)14-22(21)29(27(23)31)15-17-5-4-6-18(13-17)33-2;1-33-17-7-3-5-15(11-17)14-29-21-13-18(34-2)9-10-20(21)24-22(26(29)31)23(30)25(27(32)35-24)36-19-8-4-6-16(28)12-19/h2*4-14,32H,15H2,1-3H3;4-14,30H,15H2,1-3H3;3-13,30H,14H2,1-2H3. The number of fused-ring (bicyclic) bond motifs is 12. The lowest BCUT2D eigenvalue weighted by molar-refractivity contribution is 0.414. The van der Waals surface area contributed by atoms with E-state index in [0.717, 1.165) is 79.4 Å². The first kappa shape index (κ1) is 101. The van der Waals surface area contributed by atoms with Gasteiger partial charge in [0.1, 0.15) is 93.1 Å². The first-order valence-corrected chi connectivity index (χ1v) is 48.0. The zero-order valence-corrected chi connectivity index (χ0v) is 83.1. The number of hydrogen-bond acceptors (Lipinski definition) is 28. The van der Waals surface area contributed by atoms with Crippen molar-refractivity contribution >= 4 is 146 Å². The molecule has 12 aromatic carbocycles. The summed E-state index contributed by atoms with van der Waals surface area (Å²) in [4.78, 5) is 112. The van der Waals surface area contributed by atoms with Crippen molar-refractivity contribution in [2.24, 2.45) is 0 Å². The molecule has 20 aromatic rings. The summed E-state index contributed by atoms with van der Waals surface area (Å²) in [5, 5.41) is 46.2. The lowest BCUT2D eigenvalue weighted by atomic mass is 10.1. The van der Waals surface area contributed by atoms with Crippen molar-refractivity contribution in [3.8, 4) is 57.5 Å².